The Labute approximate surface area is 89.9 Å². The minimum absolute atomic E-state index is 0.129. The lowest BCUT2D eigenvalue weighted by atomic mass is 9.57. The monoisotopic (exact) mass is 204 g/mol. The predicted molar refractivity (Wildman–Crippen MR) is 58.8 cm³/mol. The highest BCUT2D eigenvalue weighted by Gasteiger charge is 2.47. The van der Waals surface area contributed by atoms with Gasteiger partial charge in [-0.25, -0.2) is 0 Å². The summed E-state index contributed by atoms with van der Waals surface area (Å²) in [6.07, 6.45) is 2.62. The van der Waals surface area contributed by atoms with Crippen LogP contribution >= 0.6 is 0 Å². The van der Waals surface area contributed by atoms with Crippen LogP contribution in [0.1, 0.15) is 31.7 Å². The van der Waals surface area contributed by atoms with Crippen LogP contribution < -0.4 is 0 Å². The van der Waals surface area contributed by atoms with Crippen LogP contribution in [0.3, 0.4) is 0 Å². The second-order valence-corrected chi connectivity index (χ2v) is 4.44. The Morgan fingerprint density at radius 1 is 1.40 bits per heavy atom. The van der Waals surface area contributed by atoms with E-state index < -0.39 is 5.97 Å². The summed E-state index contributed by atoms with van der Waals surface area (Å²) in [4.78, 5) is 10.8. The average molecular weight is 204 g/mol. The number of benzene rings is 1. The molecule has 80 valence electrons. The molecule has 1 aliphatic carbocycles. The van der Waals surface area contributed by atoms with E-state index in [1.54, 1.807) is 0 Å². The molecule has 0 aromatic heterocycles. The summed E-state index contributed by atoms with van der Waals surface area (Å²) in [6, 6.07) is 10.3. The molecular formula is C13H16O2. The van der Waals surface area contributed by atoms with Crippen LogP contribution in [0.25, 0.3) is 0 Å². The summed E-state index contributed by atoms with van der Waals surface area (Å²) >= 11 is 0. The van der Waals surface area contributed by atoms with Crippen molar-refractivity contribution in [2.75, 3.05) is 0 Å². The Kier molecular flexibility index (Phi) is 2.51. The van der Waals surface area contributed by atoms with Crippen molar-refractivity contribution in [1.82, 2.24) is 0 Å². The second kappa shape index (κ2) is 3.69. The van der Waals surface area contributed by atoms with Crippen molar-refractivity contribution in [3.05, 3.63) is 35.9 Å². The smallest absolute Gasteiger partial charge is 0.306 e. The third kappa shape index (κ3) is 1.65. The van der Waals surface area contributed by atoms with E-state index in [4.69, 9.17) is 5.11 Å². The zero-order valence-electron chi connectivity index (χ0n) is 8.94. The molecule has 2 nitrogen and oxygen atoms in total. The third-order valence-electron chi connectivity index (χ3n) is 3.69. The molecule has 0 bridgehead atoms. The van der Waals surface area contributed by atoms with Gasteiger partial charge in [0.1, 0.15) is 0 Å². The molecule has 1 aromatic carbocycles. The van der Waals surface area contributed by atoms with Crippen LogP contribution in [0.5, 0.6) is 0 Å². The largest absolute Gasteiger partial charge is 0.481 e. The summed E-state index contributed by atoms with van der Waals surface area (Å²) < 4.78 is 0. The van der Waals surface area contributed by atoms with Gasteiger partial charge in [0.25, 0.3) is 0 Å². The molecule has 0 unspecified atom stereocenters. The third-order valence-corrected chi connectivity index (χ3v) is 3.69. The van der Waals surface area contributed by atoms with Crippen molar-refractivity contribution in [2.24, 2.45) is 5.92 Å². The van der Waals surface area contributed by atoms with E-state index in [0.29, 0.717) is 0 Å². The molecule has 0 heterocycles. The molecule has 0 spiro atoms. The zero-order chi connectivity index (χ0) is 10.9. The fourth-order valence-electron chi connectivity index (χ4n) is 2.58. The highest BCUT2D eigenvalue weighted by molar-refractivity contribution is 5.72. The van der Waals surface area contributed by atoms with E-state index in [1.165, 1.54) is 5.56 Å². The van der Waals surface area contributed by atoms with Gasteiger partial charge in [0, 0.05) is 0 Å². The van der Waals surface area contributed by atoms with Gasteiger partial charge in [0.2, 0.25) is 0 Å². The number of carbonyl (C=O) groups is 1. The Morgan fingerprint density at radius 2 is 2.00 bits per heavy atom. The number of carboxylic acid groups (broad SMARTS) is 1. The van der Waals surface area contributed by atoms with Crippen molar-refractivity contribution in [1.29, 1.82) is 0 Å². The minimum Gasteiger partial charge on any atom is -0.481 e. The van der Waals surface area contributed by atoms with Crippen LogP contribution in [0.15, 0.2) is 30.3 Å². The van der Waals surface area contributed by atoms with Gasteiger partial charge in [0.05, 0.1) is 5.92 Å². The Balaban J connectivity index is 2.17. The molecule has 0 atom stereocenters. The molecule has 2 rings (SSSR count). The summed E-state index contributed by atoms with van der Waals surface area (Å²) in [7, 11) is 0. The number of hydrogen-bond acceptors (Lipinski definition) is 1. The van der Waals surface area contributed by atoms with Crippen molar-refractivity contribution in [3.63, 3.8) is 0 Å². The standard InChI is InChI=1S/C13H16O2/c1-2-13(8-10(9-13)12(14)15)11-6-4-3-5-7-11/h3-7,10H,2,8-9H2,1H3,(H,14,15). The molecule has 1 aromatic rings. The van der Waals surface area contributed by atoms with E-state index in [1.807, 2.05) is 18.2 Å². The van der Waals surface area contributed by atoms with Crippen LogP contribution in [0.4, 0.5) is 0 Å². The van der Waals surface area contributed by atoms with E-state index in [0.717, 1.165) is 19.3 Å². The fourth-order valence-corrected chi connectivity index (χ4v) is 2.58. The Bertz CT molecular complexity index is 350. The van der Waals surface area contributed by atoms with Crippen LogP contribution in [0, 0.1) is 5.92 Å². The molecule has 1 saturated carbocycles. The Morgan fingerprint density at radius 3 is 2.47 bits per heavy atom. The van der Waals surface area contributed by atoms with Crippen LogP contribution in [-0.2, 0) is 10.2 Å². The maximum Gasteiger partial charge on any atom is 0.306 e. The maximum atomic E-state index is 10.8. The molecule has 2 heteroatoms. The second-order valence-electron chi connectivity index (χ2n) is 4.44. The first-order chi connectivity index (χ1) is 7.18. The van der Waals surface area contributed by atoms with Crippen molar-refractivity contribution >= 4 is 5.97 Å². The normalized spacial score (nSPS) is 29.5. The molecule has 0 saturated heterocycles. The van der Waals surface area contributed by atoms with E-state index in [-0.39, 0.29) is 11.3 Å². The van der Waals surface area contributed by atoms with Crippen molar-refractivity contribution in [3.8, 4) is 0 Å². The maximum absolute atomic E-state index is 10.8. The lowest BCUT2D eigenvalue weighted by molar-refractivity contribution is -0.147. The topological polar surface area (TPSA) is 37.3 Å². The quantitative estimate of drug-likeness (QED) is 0.822. The lowest BCUT2D eigenvalue weighted by Crippen LogP contribution is -2.44. The Hall–Kier alpha value is -1.31. The van der Waals surface area contributed by atoms with Gasteiger partial charge >= 0.3 is 5.97 Å². The minimum atomic E-state index is -0.644. The summed E-state index contributed by atoms with van der Waals surface area (Å²) in [5.74, 6) is -0.778. The van der Waals surface area contributed by atoms with E-state index in [9.17, 15) is 4.79 Å². The highest BCUT2D eigenvalue weighted by atomic mass is 16.4. The summed E-state index contributed by atoms with van der Waals surface area (Å²) in [5, 5.41) is 8.91. The SMILES string of the molecule is CCC1(c2ccccc2)CC(C(=O)O)C1. The van der Waals surface area contributed by atoms with Crippen molar-refractivity contribution in [2.45, 2.75) is 31.6 Å². The molecule has 0 aliphatic heterocycles. The lowest BCUT2D eigenvalue weighted by Gasteiger charge is -2.46. The summed E-state index contributed by atoms with van der Waals surface area (Å²) in [5.41, 5.74) is 1.43. The van der Waals surface area contributed by atoms with Crippen molar-refractivity contribution < 1.29 is 9.90 Å². The average Bonchev–Trinajstić information content (AvgIpc) is 2.18. The molecule has 1 fully saturated rings. The first-order valence-electron chi connectivity index (χ1n) is 5.46. The summed E-state index contributed by atoms with van der Waals surface area (Å²) in [6.45, 7) is 2.14. The van der Waals surface area contributed by atoms with Gasteiger partial charge in [-0.15, -0.1) is 0 Å². The molecule has 1 aliphatic rings. The number of rotatable bonds is 3. The van der Waals surface area contributed by atoms with Gasteiger partial charge in [-0.1, -0.05) is 37.3 Å². The molecule has 15 heavy (non-hydrogen) atoms. The molecule has 0 amide bonds. The number of aliphatic carboxylic acids is 1. The molecular weight excluding hydrogens is 188 g/mol. The van der Waals surface area contributed by atoms with E-state index in [2.05, 4.69) is 19.1 Å². The van der Waals surface area contributed by atoms with Gasteiger partial charge in [0.15, 0.2) is 0 Å². The molecule has 0 radical (unpaired) electrons. The predicted octanol–water partition coefficient (Wildman–Crippen LogP) is 2.83. The van der Waals surface area contributed by atoms with Gasteiger partial charge < -0.3 is 5.11 Å². The van der Waals surface area contributed by atoms with Gasteiger partial charge in [-0.2, -0.15) is 0 Å². The van der Waals surface area contributed by atoms with Gasteiger partial charge in [-0.3, -0.25) is 4.79 Å². The highest BCUT2D eigenvalue weighted by Crippen LogP contribution is 2.50. The number of hydrogen-bond donors (Lipinski definition) is 1. The molecule has 1 N–H and O–H groups in total. The fraction of sp³-hybridized carbons (Fsp3) is 0.462. The first-order valence-corrected chi connectivity index (χ1v) is 5.46. The van der Waals surface area contributed by atoms with Crippen LogP contribution in [-0.4, -0.2) is 11.1 Å². The first kappa shape index (κ1) is 10.2. The zero-order valence-corrected chi connectivity index (χ0v) is 8.94. The van der Waals surface area contributed by atoms with E-state index >= 15 is 0 Å². The van der Waals surface area contributed by atoms with Gasteiger partial charge in [-0.05, 0) is 30.2 Å². The number of carboxylic acids is 1. The van der Waals surface area contributed by atoms with Crippen LogP contribution in [0.2, 0.25) is 0 Å².